The summed E-state index contributed by atoms with van der Waals surface area (Å²) in [4.78, 5) is 24.2. The number of benzene rings is 1. The number of ether oxygens (including phenoxy) is 2. The van der Waals surface area contributed by atoms with Crippen LogP contribution in [0.4, 0.5) is 5.69 Å². The molecule has 0 aliphatic carbocycles. The lowest BCUT2D eigenvalue weighted by molar-refractivity contribution is 0.0498. The third-order valence-electron chi connectivity index (χ3n) is 3.17. The SMILES string of the molecule is CCCCOC(=O)c1cc(NS(C)(=O)=O)cc(C(=O)OCCCC)c1. The molecule has 0 heterocycles. The predicted octanol–water partition coefficient (Wildman–Crippen LogP) is 2.97. The maximum absolute atomic E-state index is 12.1. The molecule has 0 aromatic heterocycles. The smallest absolute Gasteiger partial charge is 0.338 e. The van der Waals surface area contributed by atoms with Gasteiger partial charge in [-0.15, -0.1) is 0 Å². The van der Waals surface area contributed by atoms with Gasteiger partial charge in [0.15, 0.2) is 0 Å². The summed E-state index contributed by atoms with van der Waals surface area (Å²) in [5.74, 6) is -1.23. The molecule has 0 unspecified atom stereocenters. The molecule has 0 atom stereocenters. The summed E-state index contributed by atoms with van der Waals surface area (Å²) >= 11 is 0. The van der Waals surface area contributed by atoms with Gasteiger partial charge in [0.25, 0.3) is 0 Å². The van der Waals surface area contributed by atoms with Crippen LogP contribution in [0, 0.1) is 0 Å². The third-order valence-corrected chi connectivity index (χ3v) is 3.78. The minimum atomic E-state index is -3.56. The second-order valence-corrected chi connectivity index (χ2v) is 7.40. The van der Waals surface area contributed by atoms with E-state index in [2.05, 4.69) is 4.72 Å². The quantitative estimate of drug-likeness (QED) is 0.501. The predicted molar refractivity (Wildman–Crippen MR) is 95.3 cm³/mol. The molecular formula is C17H25NO6S. The number of esters is 2. The van der Waals surface area contributed by atoms with Crippen molar-refractivity contribution in [2.75, 3.05) is 24.2 Å². The highest BCUT2D eigenvalue weighted by Gasteiger charge is 2.16. The van der Waals surface area contributed by atoms with E-state index in [0.717, 1.165) is 31.9 Å². The summed E-state index contributed by atoms with van der Waals surface area (Å²) in [6.45, 7) is 4.45. The van der Waals surface area contributed by atoms with Gasteiger partial charge in [-0.1, -0.05) is 26.7 Å². The van der Waals surface area contributed by atoms with Gasteiger partial charge in [-0.3, -0.25) is 4.72 Å². The van der Waals surface area contributed by atoms with E-state index in [4.69, 9.17) is 9.47 Å². The topological polar surface area (TPSA) is 98.8 Å². The largest absolute Gasteiger partial charge is 0.462 e. The molecular weight excluding hydrogens is 346 g/mol. The maximum Gasteiger partial charge on any atom is 0.338 e. The van der Waals surface area contributed by atoms with Crippen LogP contribution in [0.2, 0.25) is 0 Å². The molecule has 1 aromatic carbocycles. The Morgan fingerprint density at radius 3 is 1.72 bits per heavy atom. The fourth-order valence-electron chi connectivity index (χ4n) is 1.92. The zero-order chi connectivity index (χ0) is 18.9. The van der Waals surface area contributed by atoms with Gasteiger partial charge in [-0.25, -0.2) is 18.0 Å². The van der Waals surface area contributed by atoms with E-state index < -0.39 is 22.0 Å². The van der Waals surface area contributed by atoms with Crippen LogP contribution >= 0.6 is 0 Å². The van der Waals surface area contributed by atoms with Crippen LogP contribution < -0.4 is 4.72 Å². The molecule has 140 valence electrons. The van der Waals surface area contributed by atoms with Crippen molar-refractivity contribution in [3.05, 3.63) is 29.3 Å². The van der Waals surface area contributed by atoms with Crippen LogP contribution in [-0.2, 0) is 19.5 Å². The fraction of sp³-hybridized carbons (Fsp3) is 0.529. The lowest BCUT2D eigenvalue weighted by atomic mass is 10.1. The Morgan fingerprint density at radius 1 is 0.920 bits per heavy atom. The lowest BCUT2D eigenvalue weighted by Gasteiger charge is -2.11. The molecule has 0 aliphatic heterocycles. The van der Waals surface area contributed by atoms with Crippen LogP contribution in [0.3, 0.4) is 0 Å². The van der Waals surface area contributed by atoms with Gasteiger partial charge in [0.1, 0.15) is 0 Å². The van der Waals surface area contributed by atoms with Crippen LogP contribution in [0.15, 0.2) is 18.2 Å². The molecule has 0 bridgehead atoms. The van der Waals surface area contributed by atoms with Crippen molar-refractivity contribution in [2.45, 2.75) is 39.5 Å². The first kappa shape index (κ1) is 21.0. The molecule has 25 heavy (non-hydrogen) atoms. The van der Waals surface area contributed by atoms with Crippen molar-refractivity contribution in [1.29, 1.82) is 0 Å². The third kappa shape index (κ3) is 8.02. The molecule has 1 aromatic rings. The molecule has 0 radical (unpaired) electrons. The molecule has 0 spiro atoms. The van der Waals surface area contributed by atoms with Crippen LogP contribution in [0.5, 0.6) is 0 Å². The zero-order valence-corrected chi connectivity index (χ0v) is 15.6. The molecule has 0 saturated heterocycles. The molecule has 0 amide bonds. The monoisotopic (exact) mass is 371 g/mol. The molecule has 1 rings (SSSR count). The van der Waals surface area contributed by atoms with Crippen molar-refractivity contribution in [3.8, 4) is 0 Å². The lowest BCUT2D eigenvalue weighted by Crippen LogP contribution is -2.14. The van der Waals surface area contributed by atoms with Gasteiger partial charge in [0.2, 0.25) is 10.0 Å². The van der Waals surface area contributed by atoms with Crippen LogP contribution in [-0.4, -0.2) is 39.8 Å². The summed E-state index contributed by atoms with van der Waals surface area (Å²) in [6.07, 6.45) is 4.17. The van der Waals surface area contributed by atoms with Crippen LogP contribution in [0.25, 0.3) is 0 Å². The Kier molecular flexibility index (Phi) is 8.40. The van der Waals surface area contributed by atoms with Crippen LogP contribution in [0.1, 0.15) is 60.2 Å². The molecule has 1 N–H and O–H groups in total. The van der Waals surface area contributed by atoms with E-state index in [0.29, 0.717) is 0 Å². The first-order valence-electron chi connectivity index (χ1n) is 8.24. The van der Waals surface area contributed by atoms with E-state index in [9.17, 15) is 18.0 Å². The van der Waals surface area contributed by atoms with Crippen molar-refractivity contribution in [3.63, 3.8) is 0 Å². The summed E-state index contributed by atoms with van der Waals surface area (Å²) < 4.78 is 35.4. The number of carbonyl (C=O) groups is 2. The highest BCUT2D eigenvalue weighted by molar-refractivity contribution is 7.92. The van der Waals surface area contributed by atoms with E-state index in [1.54, 1.807) is 0 Å². The summed E-state index contributed by atoms with van der Waals surface area (Å²) in [6, 6.07) is 4.01. The Labute approximate surface area is 148 Å². The molecule has 8 heteroatoms. The number of hydrogen-bond acceptors (Lipinski definition) is 6. The van der Waals surface area contributed by atoms with E-state index >= 15 is 0 Å². The number of unbranched alkanes of at least 4 members (excludes halogenated alkanes) is 2. The standard InChI is InChI=1S/C17H25NO6S/c1-4-6-8-23-16(19)13-10-14(17(20)24-9-7-5-2)12-15(11-13)18-25(3,21)22/h10-12,18H,4-9H2,1-3H3. The maximum atomic E-state index is 12.1. The molecule has 0 saturated carbocycles. The number of anilines is 1. The number of sulfonamides is 1. The number of rotatable bonds is 10. The normalized spacial score (nSPS) is 11.0. The highest BCUT2D eigenvalue weighted by Crippen LogP contribution is 2.18. The summed E-state index contributed by atoms with van der Waals surface area (Å²) in [5.41, 5.74) is 0.286. The molecule has 0 fully saturated rings. The zero-order valence-electron chi connectivity index (χ0n) is 14.8. The van der Waals surface area contributed by atoms with E-state index in [1.165, 1.54) is 18.2 Å². The Balaban J connectivity index is 3.05. The summed E-state index contributed by atoms with van der Waals surface area (Å²) in [5, 5.41) is 0. The van der Waals surface area contributed by atoms with Crippen molar-refractivity contribution >= 4 is 27.6 Å². The average Bonchev–Trinajstić information content (AvgIpc) is 2.53. The van der Waals surface area contributed by atoms with Crippen molar-refractivity contribution in [1.82, 2.24) is 0 Å². The van der Waals surface area contributed by atoms with Gasteiger partial charge in [0, 0.05) is 0 Å². The minimum absolute atomic E-state index is 0.0900. The Hall–Kier alpha value is -2.09. The van der Waals surface area contributed by atoms with Gasteiger partial charge >= 0.3 is 11.9 Å². The molecule has 0 aliphatic rings. The number of carbonyl (C=O) groups excluding carboxylic acids is 2. The molecule has 7 nitrogen and oxygen atoms in total. The number of nitrogens with one attached hydrogen (secondary N) is 1. The Morgan fingerprint density at radius 2 is 1.36 bits per heavy atom. The number of hydrogen-bond donors (Lipinski definition) is 1. The minimum Gasteiger partial charge on any atom is -0.462 e. The van der Waals surface area contributed by atoms with E-state index in [-0.39, 0.29) is 30.0 Å². The van der Waals surface area contributed by atoms with Crippen molar-refractivity contribution < 1.29 is 27.5 Å². The summed E-state index contributed by atoms with van der Waals surface area (Å²) in [7, 11) is -3.56. The fourth-order valence-corrected chi connectivity index (χ4v) is 2.47. The highest BCUT2D eigenvalue weighted by atomic mass is 32.2. The Bertz CT molecular complexity index is 659. The van der Waals surface area contributed by atoms with Gasteiger partial charge in [-0.2, -0.15) is 0 Å². The van der Waals surface area contributed by atoms with Gasteiger partial charge in [-0.05, 0) is 31.0 Å². The van der Waals surface area contributed by atoms with E-state index in [1.807, 2.05) is 13.8 Å². The first-order valence-corrected chi connectivity index (χ1v) is 10.1. The van der Waals surface area contributed by atoms with Crippen molar-refractivity contribution in [2.24, 2.45) is 0 Å². The second kappa shape index (κ2) is 10.0. The second-order valence-electron chi connectivity index (χ2n) is 5.65. The first-order chi connectivity index (χ1) is 11.8. The van der Waals surface area contributed by atoms with Gasteiger partial charge in [0.05, 0.1) is 36.3 Å². The van der Waals surface area contributed by atoms with Gasteiger partial charge < -0.3 is 9.47 Å². The average molecular weight is 371 g/mol.